The van der Waals surface area contributed by atoms with E-state index in [1.165, 1.54) is 0 Å². The summed E-state index contributed by atoms with van der Waals surface area (Å²) in [6.07, 6.45) is 0.826. The summed E-state index contributed by atoms with van der Waals surface area (Å²) in [5.41, 5.74) is 4.77. The molecule has 0 bridgehead atoms. The molecular weight excluding hydrogens is 320 g/mol. The summed E-state index contributed by atoms with van der Waals surface area (Å²) < 4.78 is 5.15. The Bertz CT molecular complexity index is 812. The van der Waals surface area contributed by atoms with Gasteiger partial charge in [0.25, 0.3) is 5.91 Å². The van der Waals surface area contributed by atoms with Crippen molar-refractivity contribution in [2.45, 2.75) is 6.42 Å². The molecule has 0 saturated heterocycles. The number of imidazole rings is 1. The lowest BCUT2D eigenvalue weighted by molar-refractivity contribution is 0.0706. The Morgan fingerprint density at radius 2 is 2.00 bits per heavy atom. The number of fused-ring (bicyclic) bond motifs is 1. The zero-order valence-electron chi connectivity index (χ0n) is 13.9. The number of hydroxylamine groups is 1. The van der Waals surface area contributed by atoms with Gasteiger partial charge in [-0.3, -0.25) is 10.0 Å². The van der Waals surface area contributed by atoms with Crippen LogP contribution >= 0.6 is 0 Å². The summed E-state index contributed by atoms with van der Waals surface area (Å²) in [6.45, 7) is 1.35. The number of nitrogens with zero attached hydrogens (tertiary/aromatic N) is 2. The monoisotopic (exact) mass is 340 g/mol. The molecule has 130 valence electrons. The first-order chi connectivity index (χ1) is 12.2. The van der Waals surface area contributed by atoms with E-state index in [0.717, 1.165) is 29.1 Å². The second-order valence-corrected chi connectivity index (χ2v) is 5.56. The second kappa shape index (κ2) is 7.78. The molecule has 0 aliphatic rings. The molecule has 1 heterocycles. The number of anilines is 2. The van der Waals surface area contributed by atoms with E-state index < -0.39 is 5.91 Å². The number of ether oxygens (including phenoxy) is 1. The number of para-hydroxylation sites is 2. The topological polar surface area (TPSA) is 90.5 Å². The van der Waals surface area contributed by atoms with E-state index in [1.54, 1.807) is 24.7 Å². The standard InChI is InChI=1S/C18H20N4O3/c1-25-12-4-11-22(14-9-7-13(8-10-14)17(23)21-24)18-19-15-5-2-3-6-16(15)20-18/h2-3,5-10,24H,4,11-12H2,1H3,(H,19,20)(H,21,23). The Hall–Kier alpha value is -2.90. The number of methoxy groups -OCH3 is 1. The van der Waals surface area contributed by atoms with Crippen LogP contribution in [-0.4, -0.2) is 41.3 Å². The van der Waals surface area contributed by atoms with Crippen molar-refractivity contribution in [3.8, 4) is 0 Å². The fraction of sp³-hybridized carbons (Fsp3) is 0.222. The van der Waals surface area contributed by atoms with Crippen LogP contribution in [0, 0.1) is 0 Å². The summed E-state index contributed by atoms with van der Waals surface area (Å²) in [4.78, 5) is 21.5. The molecule has 25 heavy (non-hydrogen) atoms. The highest BCUT2D eigenvalue weighted by Crippen LogP contribution is 2.26. The van der Waals surface area contributed by atoms with E-state index in [9.17, 15) is 4.79 Å². The van der Waals surface area contributed by atoms with E-state index in [-0.39, 0.29) is 0 Å². The molecule has 3 rings (SSSR count). The van der Waals surface area contributed by atoms with Gasteiger partial charge in [0.2, 0.25) is 5.95 Å². The average molecular weight is 340 g/mol. The van der Waals surface area contributed by atoms with Crippen LogP contribution in [-0.2, 0) is 4.74 Å². The summed E-state index contributed by atoms with van der Waals surface area (Å²) in [6, 6.07) is 14.8. The molecule has 3 N–H and O–H groups in total. The maximum Gasteiger partial charge on any atom is 0.274 e. The molecule has 0 radical (unpaired) electrons. The van der Waals surface area contributed by atoms with Crippen LogP contribution in [0.1, 0.15) is 16.8 Å². The number of hydrogen-bond donors (Lipinski definition) is 3. The van der Waals surface area contributed by atoms with Crippen molar-refractivity contribution in [1.29, 1.82) is 0 Å². The van der Waals surface area contributed by atoms with Crippen LogP contribution in [0.5, 0.6) is 0 Å². The van der Waals surface area contributed by atoms with E-state index in [4.69, 9.17) is 9.94 Å². The molecule has 7 heteroatoms. The van der Waals surface area contributed by atoms with Crippen molar-refractivity contribution < 1.29 is 14.7 Å². The van der Waals surface area contributed by atoms with Gasteiger partial charge in [0, 0.05) is 31.5 Å². The van der Waals surface area contributed by atoms with Gasteiger partial charge in [-0.05, 0) is 42.8 Å². The molecule has 0 aliphatic heterocycles. The van der Waals surface area contributed by atoms with Gasteiger partial charge in [-0.1, -0.05) is 12.1 Å². The normalized spacial score (nSPS) is 10.8. The molecule has 2 aromatic carbocycles. The Balaban J connectivity index is 1.92. The molecule has 0 spiro atoms. The first-order valence-electron chi connectivity index (χ1n) is 7.98. The van der Waals surface area contributed by atoms with Crippen LogP contribution in [0.15, 0.2) is 48.5 Å². The molecule has 0 unspecified atom stereocenters. The fourth-order valence-corrected chi connectivity index (χ4v) is 2.65. The summed E-state index contributed by atoms with van der Waals surface area (Å²) in [7, 11) is 1.67. The predicted molar refractivity (Wildman–Crippen MR) is 95.3 cm³/mol. The van der Waals surface area contributed by atoms with Crippen molar-refractivity contribution in [3.63, 3.8) is 0 Å². The van der Waals surface area contributed by atoms with E-state index in [0.29, 0.717) is 18.7 Å². The molecule has 1 amide bonds. The van der Waals surface area contributed by atoms with Crippen LogP contribution in [0.25, 0.3) is 11.0 Å². The van der Waals surface area contributed by atoms with Gasteiger partial charge in [-0.2, -0.15) is 0 Å². The van der Waals surface area contributed by atoms with Gasteiger partial charge in [0.1, 0.15) is 0 Å². The minimum Gasteiger partial charge on any atom is -0.385 e. The molecule has 7 nitrogen and oxygen atoms in total. The zero-order chi connectivity index (χ0) is 17.6. The highest BCUT2D eigenvalue weighted by Gasteiger charge is 2.14. The lowest BCUT2D eigenvalue weighted by atomic mass is 10.2. The smallest absolute Gasteiger partial charge is 0.274 e. The number of carbonyl (C=O) groups excluding carboxylic acids is 1. The molecule has 0 fully saturated rings. The Labute approximate surface area is 145 Å². The molecular formula is C18H20N4O3. The van der Waals surface area contributed by atoms with Gasteiger partial charge in [0.15, 0.2) is 0 Å². The Morgan fingerprint density at radius 3 is 2.68 bits per heavy atom. The SMILES string of the molecule is COCCCN(c1ccc(C(=O)NO)cc1)c1nc2ccccc2[nH]1. The van der Waals surface area contributed by atoms with Crippen molar-refractivity contribution in [2.24, 2.45) is 0 Å². The average Bonchev–Trinajstić information content (AvgIpc) is 3.08. The first kappa shape index (κ1) is 16.9. The lowest BCUT2D eigenvalue weighted by Crippen LogP contribution is -2.22. The Kier molecular flexibility index (Phi) is 5.27. The summed E-state index contributed by atoms with van der Waals surface area (Å²) in [5.74, 6) is 0.192. The number of H-pyrrole nitrogens is 1. The van der Waals surface area contributed by atoms with Crippen LogP contribution < -0.4 is 10.4 Å². The number of carbonyl (C=O) groups is 1. The fourth-order valence-electron chi connectivity index (χ4n) is 2.65. The molecule has 3 aromatic rings. The van der Waals surface area contributed by atoms with E-state index in [1.807, 2.05) is 41.3 Å². The second-order valence-electron chi connectivity index (χ2n) is 5.56. The van der Waals surface area contributed by atoms with Gasteiger partial charge in [-0.15, -0.1) is 0 Å². The number of amides is 1. The zero-order valence-corrected chi connectivity index (χ0v) is 13.9. The van der Waals surface area contributed by atoms with Gasteiger partial charge >= 0.3 is 0 Å². The summed E-state index contributed by atoms with van der Waals surface area (Å²) >= 11 is 0. The van der Waals surface area contributed by atoms with Crippen molar-refractivity contribution in [1.82, 2.24) is 15.4 Å². The molecule has 0 saturated carbocycles. The summed E-state index contributed by atoms with van der Waals surface area (Å²) in [5, 5.41) is 8.73. The van der Waals surface area contributed by atoms with Crippen molar-refractivity contribution in [2.75, 3.05) is 25.2 Å². The number of rotatable bonds is 7. The minimum absolute atomic E-state index is 0.382. The van der Waals surface area contributed by atoms with Crippen molar-refractivity contribution in [3.05, 3.63) is 54.1 Å². The maximum atomic E-state index is 11.5. The van der Waals surface area contributed by atoms with Crippen molar-refractivity contribution >= 4 is 28.6 Å². The first-order valence-corrected chi connectivity index (χ1v) is 7.98. The Morgan fingerprint density at radius 1 is 1.24 bits per heavy atom. The predicted octanol–water partition coefficient (Wildman–Crippen LogP) is 2.86. The third kappa shape index (κ3) is 3.78. The number of hydrogen-bond acceptors (Lipinski definition) is 5. The number of aromatic amines is 1. The van der Waals surface area contributed by atoms with Gasteiger partial charge in [0.05, 0.1) is 11.0 Å². The maximum absolute atomic E-state index is 11.5. The van der Waals surface area contributed by atoms with Crippen LogP contribution in [0.4, 0.5) is 11.6 Å². The van der Waals surface area contributed by atoms with Gasteiger partial charge < -0.3 is 14.6 Å². The van der Waals surface area contributed by atoms with Gasteiger partial charge in [-0.25, -0.2) is 10.5 Å². The molecule has 1 aromatic heterocycles. The van der Waals surface area contributed by atoms with E-state index in [2.05, 4.69) is 9.97 Å². The third-order valence-electron chi connectivity index (χ3n) is 3.91. The molecule has 0 aliphatic carbocycles. The number of benzene rings is 2. The quantitative estimate of drug-likeness (QED) is 0.349. The highest BCUT2D eigenvalue weighted by molar-refractivity contribution is 5.93. The largest absolute Gasteiger partial charge is 0.385 e. The van der Waals surface area contributed by atoms with Crippen LogP contribution in [0.2, 0.25) is 0 Å². The van der Waals surface area contributed by atoms with E-state index >= 15 is 0 Å². The minimum atomic E-state index is -0.541. The molecule has 0 atom stereocenters. The highest BCUT2D eigenvalue weighted by atomic mass is 16.5. The third-order valence-corrected chi connectivity index (χ3v) is 3.91. The number of nitrogens with one attached hydrogen (secondary N) is 2. The van der Waals surface area contributed by atoms with Crippen LogP contribution in [0.3, 0.4) is 0 Å². The lowest BCUT2D eigenvalue weighted by Gasteiger charge is -2.22. The number of aromatic nitrogens is 2.